The predicted molar refractivity (Wildman–Crippen MR) is 100 cm³/mol. The molecule has 0 aliphatic heterocycles. The number of nitrogens with two attached hydrogens (primary N) is 1. The molecule has 0 spiro atoms. The number of anilines is 1. The zero-order valence-corrected chi connectivity index (χ0v) is 14.8. The summed E-state index contributed by atoms with van der Waals surface area (Å²) in [6, 6.07) is 10.6. The fraction of sp³-hybridized carbons (Fsp3) is 0.278. The molecule has 0 radical (unpaired) electrons. The van der Waals surface area contributed by atoms with E-state index in [1.165, 1.54) is 0 Å². The third-order valence-corrected chi connectivity index (χ3v) is 4.05. The Bertz CT molecular complexity index is 823. The largest absolute Gasteiger partial charge is 0.389 e. The highest BCUT2D eigenvalue weighted by Crippen LogP contribution is 2.21. The van der Waals surface area contributed by atoms with Crippen LogP contribution in [0.15, 0.2) is 47.4 Å². The van der Waals surface area contributed by atoms with Gasteiger partial charge in [0.2, 0.25) is 5.91 Å². The summed E-state index contributed by atoms with van der Waals surface area (Å²) in [6.45, 7) is 5.67. The van der Waals surface area contributed by atoms with Crippen molar-refractivity contribution >= 4 is 28.8 Å². The summed E-state index contributed by atoms with van der Waals surface area (Å²) in [5.74, 6) is -0.168. The van der Waals surface area contributed by atoms with Crippen LogP contribution in [0.3, 0.4) is 0 Å². The van der Waals surface area contributed by atoms with Crippen molar-refractivity contribution in [2.75, 3.05) is 5.32 Å². The van der Waals surface area contributed by atoms with Crippen molar-refractivity contribution in [2.24, 2.45) is 11.1 Å². The first-order valence-electron chi connectivity index (χ1n) is 7.58. The Balaban J connectivity index is 2.13. The van der Waals surface area contributed by atoms with E-state index < -0.39 is 5.41 Å². The summed E-state index contributed by atoms with van der Waals surface area (Å²) >= 11 is 4.91. The third kappa shape index (κ3) is 4.08. The van der Waals surface area contributed by atoms with Gasteiger partial charge in [-0.15, -0.1) is 0 Å². The van der Waals surface area contributed by atoms with Crippen molar-refractivity contribution in [1.82, 2.24) is 4.57 Å². The Labute approximate surface area is 146 Å². The molecule has 2 rings (SSSR count). The van der Waals surface area contributed by atoms with Crippen LogP contribution in [-0.4, -0.2) is 15.5 Å². The Morgan fingerprint density at radius 3 is 2.46 bits per heavy atom. The summed E-state index contributed by atoms with van der Waals surface area (Å²) < 4.78 is 1.56. The average Bonchev–Trinajstić information content (AvgIpc) is 2.52. The molecule has 0 bridgehead atoms. The van der Waals surface area contributed by atoms with Crippen LogP contribution in [0.2, 0.25) is 0 Å². The zero-order valence-electron chi connectivity index (χ0n) is 14.0. The lowest BCUT2D eigenvalue weighted by molar-refractivity contribution is -0.124. The molecule has 0 aliphatic carbocycles. The maximum Gasteiger partial charge on any atom is 0.253 e. The highest BCUT2D eigenvalue weighted by Gasteiger charge is 2.28. The minimum absolute atomic E-state index is 0.0841. The molecule has 2 aromatic rings. The number of benzene rings is 1. The van der Waals surface area contributed by atoms with Crippen LogP contribution in [0, 0.1) is 12.3 Å². The van der Waals surface area contributed by atoms with Gasteiger partial charge in [0.15, 0.2) is 0 Å². The number of amides is 1. The molecule has 0 fully saturated rings. The molecule has 5 nitrogen and oxygen atoms in total. The topological polar surface area (TPSA) is 77.1 Å². The summed E-state index contributed by atoms with van der Waals surface area (Å²) in [5, 5.41) is 2.86. The fourth-order valence-corrected chi connectivity index (χ4v) is 2.43. The minimum atomic E-state index is -0.751. The van der Waals surface area contributed by atoms with E-state index in [0.717, 1.165) is 5.56 Å². The monoisotopic (exact) mass is 343 g/mol. The van der Waals surface area contributed by atoms with Gasteiger partial charge in [0.05, 0.1) is 5.41 Å². The average molecular weight is 343 g/mol. The number of rotatable bonds is 5. The number of nitrogens with one attached hydrogen (secondary N) is 1. The molecule has 0 atom stereocenters. The van der Waals surface area contributed by atoms with E-state index in [9.17, 15) is 9.59 Å². The van der Waals surface area contributed by atoms with Crippen LogP contribution >= 0.6 is 12.2 Å². The molecule has 1 aromatic carbocycles. The highest BCUT2D eigenvalue weighted by atomic mass is 32.1. The van der Waals surface area contributed by atoms with E-state index in [1.54, 1.807) is 67.9 Å². The van der Waals surface area contributed by atoms with Gasteiger partial charge in [0.25, 0.3) is 5.56 Å². The maximum atomic E-state index is 12.6. The van der Waals surface area contributed by atoms with Crippen molar-refractivity contribution in [1.29, 1.82) is 0 Å². The molecule has 0 saturated carbocycles. The second-order valence-electron chi connectivity index (χ2n) is 6.40. The number of hydrogen-bond donors (Lipinski definition) is 2. The van der Waals surface area contributed by atoms with Gasteiger partial charge < -0.3 is 15.6 Å². The quantitative estimate of drug-likeness (QED) is 0.818. The Morgan fingerprint density at radius 2 is 1.88 bits per heavy atom. The zero-order chi connectivity index (χ0) is 17.9. The molecule has 0 aliphatic rings. The molecule has 6 heteroatoms. The van der Waals surface area contributed by atoms with Crippen LogP contribution in [-0.2, 0) is 11.3 Å². The second-order valence-corrected chi connectivity index (χ2v) is 6.84. The summed E-state index contributed by atoms with van der Waals surface area (Å²) in [7, 11) is 0. The molecule has 126 valence electrons. The molecular formula is C18H21N3O2S. The van der Waals surface area contributed by atoms with E-state index >= 15 is 0 Å². The van der Waals surface area contributed by atoms with Crippen LogP contribution in [0.25, 0.3) is 0 Å². The Kier molecular flexibility index (Phi) is 5.19. The van der Waals surface area contributed by atoms with Crippen LogP contribution in [0.4, 0.5) is 5.69 Å². The van der Waals surface area contributed by atoms with E-state index in [-0.39, 0.29) is 11.5 Å². The fourth-order valence-electron chi connectivity index (χ4n) is 2.30. The number of aryl methyl sites for hydroxylation is 1. The molecule has 3 N–H and O–H groups in total. The summed E-state index contributed by atoms with van der Waals surface area (Å²) in [6.07, 6.45) is 1.70. The van der Waals surface area contributed by atoms with Crippen LogP contribution < -0.4 is 16.6 Å². The first-order chi connectivity index (χ1) is 11.2. The molecule has 1 heterocycles. The van der Waals surface area contributed by atoms with Gasteiger partial charge >= 0.3 is 0 Å². The highest BCUT2D eigenvalue weighted by molar-refractivity contribution is 7.80. The first kappa shape index (κ1) is 17.9. The number of carbonyl (C=O) groups is 1. The molecule has 1 aromatic heterocycles. The van der Waals surface area contributed by atoms with Crippen LogP contribution in [0.5, 0.6) is 0 Å². The van der Waals surface area contributed by atoms with Crippen LogP contribution in [0.1, 0.15) is 25.0 Å². The Hall–Kier alpha value is -2.47. The van der Waals surface area contributed by atoms with Crippen molar-refractivity contribution in [2.45, 2.75) is 27.3 Å². The number of nitrogens with zero attached hydrogens (tertiary/aromatic N) is 1. The molecule has 24 heavy (non-hydrogen) atoms. The minimum Gasteiger partial charge on any atom is -0.389 e. The number of hydrogen-bond acceptors (Lipinski definition) is 3. The SMILES string of the molecule is Cc1cccn(CC(C)(C)C(=O)Nc2ccc(C(N)=S)cc2)c1=O. The van der Waals surface area contributed by atoms with Crippen molar-refractivity contribution in [3.8, 4) is 0 Å². The van der Waals surface area contributed by atoms with Gasteiger partial charge in [0.1, 0.15) is 4.99 Å². The normalized spacial score (nSPS) is 11.1. The molecule has 0 unspecified atom stereocenters. The number of thiocarbonyl (C=S) groups is 1. The summed E-state index contributed by atoms with van der Waals surface area (Å²) in [5.41, 5.74) is 6.78. The lowest BCUT2D eigenvalue weighted by atomic mass is 9.91. The standard InChI is InChI=1S/C18H21N3O2S/c1-12-5-4-10-21(16(12)22)11-18(2,3)17(23)20-14-8-6-13(7-9-14)15(19)24/h4-10H,11H2,1-3H3,(H2,19,24)(H,20,23). The van der Waals surface area contributed by atoms with E-state index in [2.05, 4.69) is 5.32 Å². The number of aromatic nitrogens is 1. The lowest BCUT2D eigenvalue weighted by Crippen LogP contribution is -2.38. The third-order valence-electron chi connectivity index (χ3n) is 3.82. The van der Waals surface area contributed by atoms with Gasteiger partial charge in [-0.25, -0.2) is 0 Å². The molecule has 1 amide bonds. The van der Waals surface area contributed by atoms with Crippen molar-refractivity contribution < 1.29 is 4.79 Å². The number of pyridine rings is 1. The summed E-state index contributed by atoms with van der Waals surface area (Å²) in [4.78, 5) is 25.0. The van der Waals surface area contributed by atoms with Gasteiger partial charge in [-0.3, -0.25) is 9.59 Å². The molecule has 0 saturated heterocycles. The predicted octanol–water partition coefficient (Wildman–Crippen LogP) is 2.46. The van der Waals surface area contributed by atoms with Gasteiger partial charge in [-0.05, 0) is 51.1 Å². The maximum absolute atomic E-state index is 12.6. The van der Waals surface area contributed by atoms with Crippen molar-refractivity contribution in [3.05, 3.63) is 64.1 Å². The smallest absolute Gasteiger partial charge is 0.253 e. The van der Waals surface area contributed by atoms with Crippen molar-refractivity contribution in [3.63, 3.8) is 0 Å². The second kappa shape index (κ2) is 6.97. The van der Waals surface area contributed by atoms with Gasteiger partial charge in [-0.1, -0.05) is 18.3 Å². The number of carbonyl (C=O) groups excluding carboxylic acids is 1. The van der Waals surface area contributed by atoms with E-state index in [1.807, 2.05) is 0 Å². The van der Waals surface area contributed by atoms with Gasteiger partial charge in [-0.2, -0.15) is 0 Å². The van der Waals surface area contributed by atoms with E-state index in [4.69, 9.17) is 18.0 Å². The lowest BCUT2D eigenvalue weighted by Gasteiger charge is -2.24. The Morgan fingerprint density at radius 1 is 1.25 bits per heavy atom. The first-order valence-corrected chi connectivity index (χ1v) is 7.99. The van der Waals surface area contributed by atoms with Gasteiger partial charge in [0, 0.05) is 29.6 Å². The molecular weight excluding hydrogens is 322 g/mol. The van der Waals surface area contributed by atoms with E-state index in [0.29, 0.717) is 22.8 Å².